The maximum atomic E-state index is 10.8. The van der Waals surface area contributed by atoms with Gasteiger partial charge in [0.2, 0.25) is 0 Å². The SMILES string of the molecule is COc1cnc(-c2ccc(N=NC(=O)NN)cc2)nc1. The molecule has 8 heteroatoms. The summed E-state index contributed by atoms with van der Waals surface area (Å²) in [6, 6.07) is 6.21. The van der Waals surface area contributed by atoms with Crippen LogP contribution in [0.15, 0.2) is 46.9 Å². The fourth-order valence-electron chi connectivity index (χ4n) is 1.38. The minimum Gasteiger partial charge on any atom is -0.494 e. The number of nitrogens with one attached hydrogen (secondary N) is 1. The van der Waals surface area contributed by atoms with Gasteiger partial charge in [0.15, 0.2) is 11.6 Å². The van der Waals surface area contributed by atoms with Gasteiger partial charge in [-0.05, 0) is 24.3 Å². The van der Waals surface area contributed by atoms with Gasteiger partial charge in [-0.3, -0.25) is 5.43 Å². The van der Waals surface area contributed by atoms with E-state index in [1.54, 1.807) is 43.8 Å². The number of methoxy groups -OCH3 is 1. The van der Waals surface area contributed by atoms with Crippen molar-refractivity contribution in [1.29, 1.82) is 0 Å². The Hall–Kier alpha value is -2.87. The topological polar surface area (TPSA) is 115 Å². The molecule has 3 N–H and O–H groups in total. The van der Waals surface area contributed by atoms with Crippen LogP contribution in [0.2, 0.25) is 0 Å². The summed E-state index contributed by atoms with van der Waals surface area (Å²) in [7, 11) is 1.55. The molecule has 0 aliphatic heterocycles. The Morgan fingerprint density at radius 1 is 1.25 bits per heavy atom. The monoisotopic (exact) mass is 272 g/mol. The van der Waals surface area contributed by atoms with Crippen molar-refractivity contribution < 1.29 is 9.53 Å². The van der Waals surface area contributed by atoms with Crippen molar-refractivity contribution in [1.82, 2.24) is 15.4 Å². The molecular weight excluding hydrogens is 260 g/mol. The molecule has 1 aromatic heterocycles. The third kappa shape index (κ3) is 3.33. The molecule has 2 aromatic rings. The quantitative estimate of drug-likeness (QED) is 0.382. The maximum Gasteiger partial charge on any atom is 0.373 e. The molecule has 1 heterocycles. The van der Waals surface area contributed by atoms with Crippen molar-refractivity contribution in [2.45, 2.75) is 0 Å². The smallest absolute Gasteiger partial charge is 0.373 e. The Kier molecular flexibility index (Phi) is 4.30. The lowest BCUT2D eigenvalue weighted by Crippen LogP contribution is -2.26. The van der Waals surface area contributed by atoms with Gasteiger partial charge in [-0.1, -0.05) is 5.11 Å². The number of nitrogens with zero attached hydrogens (tertiary/aromatic N) is 4. The number of hydrogen-bond acceptors (Lipinski definition) is 6. The zero-order valence-corrected chi connectivity index (χ0v) is 10.6. The number of aromatic nitrogens is 2. The average Bonchev–Trinajstić information content (AvgIpc) is 2.53. The number of nitrogens with two attached hydrogens (primary N) is 1. The number of hydrazine groups is 1. The zero-order chi connectivity index (χ0) is 14.4. The van der Waals surface area contributed by atoms with Crippen molar-refractivity contribution in [3.8, 4) is 17.1 Å². The summed E-state index contributed by atoms with van der Waals surface area (Å²) >= 11 is 0. The van der Waals surface area contributed by atoms with Gasteiger partial charge in [-0.25, -0.2) is 20.6 Å². The van der Waals surface area contributed by atoms with Gasteiger partial charge in [0.05, 0.1) is 25.2 Å². The molecule has 0 saturated heterocycles. The van der Waals surface area contributed by atoms with E-state index >= 15 is 0 Å². The average molecular weight is 272 g/mol. The van der Waals surface area contributed by atoms with E-state index in [2.05, 4.69) is 20.2 Å². The molecule has 0 atom stereocenters. The summed E-state index contributed by atoms with van der Waals surface area (Å²) in [5, 5.41) is 7.05. The van der Waals surface area contributed by atoms with Gasteiger partial charge in [0, 0.05) is 5.56 Å². The number of hydrogen-bond donors (Lipinski definition) is 2. The summed E-state index contributed by atoms with van der Waals surface area (Å²) in [5.74, 6) is 6.03. The number of amides is 2. The Labute approximate surface area is 114 Å². The third-order valence-electron chi connectivity index (χ3n) is 2.37. The first kappa shape index (κ1) is 13.6. The van der Waals surface area contributed by atoms with E-state index in [0.717, 1.165) is 5.56 Å². The first-order valence-corrected chi connectivity index (χ1v) is 5.61. The van der Waals surface area contributed by atoms with Crippen molar-refractivity contribution in [3.05, 3.63) is 36.7 Å². The minimum atomic E-state index is -0.715. The molecule has 0 bridgehead atoms. The molecule has 8 nitrogen and oxygen atoms in total. The highest BCUT2D eigenvalue weighted by molar-refractivity contribution is 5.73. The minimum absolute atomic E-state index is 0.519. The molecule has 0 unspecified atom stereocenters. The second kappa shape index (κ2) is 6.34. The first-order chi connectivity index (χ1) is 9.72. The van der Waals surface area contributed by atoms with Crippen molar-refractivity contribution >= 4 is 11.7 Å². The molecule has 0 radical (unpaired) electrons. The van der Waals surface area contributed by atoms with Crippen LogP contribution in [0, 0.1) is 0 Å². The highest BCUT2D eigenvalue weighted by Crippen LogP contribution is 2.20. The highest BCUT2D eigenvalue weighted by Gasteiger charge is 2.02. The fourth-order valence-corrected chi connectivity index (χ4v) is 1.38. The van der Waals surface area contributed by atoms with Crippen LogP contribution in [0.25, 0.3) is 11.4 Å². The zero-order valence-electron chi connectivity index (χ0n) is 10.6. The summed E-state index contributed by atoms with van der Waals surface area (Å²) in [6.45, 7) is 0. The number of urea groups is 1. The molecule has 2 amide bonds. The summed E-state index contributed by atoms with van der Waals surface area (Å²) in [6.07, 6.45) is 3.17. The number of ether oxygens (including phenoxy) is 1. The first-order valence-electron chi connectivity index (χ1n) is 5.61. The van der Waals surface area contributed by atoms with Gasteiger partial charge < -0.3 is 4.74 Å². The van der Waals surface area contributed by atoms with Crippen LogP contribution in [-0.2, 0) is 0 Å². The molecule has 102 valence electrons. The van der Waals surface area contributed by atoms with Crippen molar-refractivity contribution in [2.75, 3.05) is 7.11 Å². The van der Waals surface area contributed by atoms with E-state index in [1.807, 2.05) is 5.43 Å². The molecule has 0 fully saturated rings. The van der Waals surface area contributed by atoms with Crippen molar-refractivity contribution in [2.24, 2.45) is 16.1 Å². The number of rotatable bonds is 3. The number of carbonyl (C=O) groups excluding carboxylic acids is 1. The largest absolute Gasteiger partial charge is 0.494 e. The maximum absolute atomic E-state index is 10.8. The van der Waals surface area contributed by atoms with Gasteiger partial charge in [-0.15, -0.1) is 5.11 Å². The molecule has 0 saturated carbocycles. The molecular formula is C12H12N6O2. The van der Waals surface area contributed by atoms with Crippen LogP contribution in [0.1, 0.15) is 0 Å². The van der Waals surface area contributed by atoms with E-state index in [1.165, 1.54) is 0 Å². The number of azo groups is 1. The Morgan fingerprint density at radius 3 is 2.45 bits per heavy atom. The lowest BCUT2D eigenvalue weighted by Gasteiger charge is -2.01. The van der Waals surface area contributed by atoms with Crippen LogP contribution in [0.4, 0.5) is 10.5 Å². The molecule has 0 aliphatic carbocycles. The molecule has 1 aromatic carbocycles. The standard InChI is InChI=1S/C12H12N6O2/c1-20-10-6-14-11(15-7-10)8-2-4-9(5-3-8)17-18-12(19)16-13/h2-7H,13H2,1H3,(H,16,19). The lowest BCUT2D eigenvalue weighted by molar-refractivity contribution is 0.248. The van der Waals surface area contributed by atoms with Gasteiger partial charge in [0.25, 0.3) is 0 Å². The van der Waals surface area contributed by atoms with E-state index in [9.17, 15) is 4.79 Å². The van der Waals surface area contributed by atoms with Crippen LogP contribution in [0.3, 0.4) is 0 Å². The number of carbonyl (C=O) groups is 1. The summed E-state index contributed by atoms with van der Waals surface area (Å²) in [4.78, 5) is 19.1. The molecule has 2 rings (SSSR count). The normalized spacial score (nSPS) is 10.5. The Bertz CT molecular complexity index is 609. The van der Waals surface area contributed by atoms with Crippen molar-refractivity contribution in [3.63, 3.8) is 0 Å². The fraction of sp³-hybridized carbons (Fsp3) is 0.0833. The van der Waals surface area contributed by atoms with Gasteiger partial charge in [0.1, 0.15) is 0 Å². The Balaban J connectivity index is 2.14. The third-order valence-corrected chi connectivity index (χ3v) is 2.37. The van der Waals surface area contributed by atoms with E-state index < -0.39 is 6.03 Å². The van der Waals surface area contributed by atoms with E-state index in [0.29, 0.717) is 17.3 Å². The predicted molar refractivity (Wildman–Crippen MR) is 71.3 cm³/mol. The van der Waals surface area contributed by atoms with E-state index in [-0.39, 0.29) is 0 Å². The summed E-state index contributed by atoms with van der Waals surface area (Å²) < 4.78 is 4.99. The van der Waals surface area contributed by atoms with E-state index in [4.69, 9.17) is 10.6 Å². The van der Waals surface area contributed by atoms with Gasteiger partial charge in [-0.2, -0.15) is 0 Å². The van der Waals surface area contributed by atoms with Gasteiger partial charge >= 0.3 is 6.03 Å². The lowest BCUT2D eigenvalue weighted by atomic mass is 10.2. The summed E-state index contributed by atoms with van der Waals surface area (Å²) in [5.41, 5.74) is 3.19. The second-order valence-corrected chi connectivity index (χ2v) is 3.64. The molecule has 0 aliphatic rings. The molecule has 0 spiro atoms. The Morgan fingerprint density at radius 2 is 1.90 bits per heavy atom. The van der Waals surface area contributed by atoms with Crippen LogP contribution in [0.5, 0.6) is 5.75 Å². The second-order valence-electron chi connectivity index (χ2n) is 3.64. The van der Waals surface area contributed by atoms with Crippen LogP contribution >= 0.6 is 0 Å². The molecule has 20 heavy (non-hydrogen) atoms. The van der Waals surface area contributed by atoms with Crippen LogP contribution < -0.4 is 16.0 Å². The van der Waals surface area contributed by atoms with Crippen LogP contribution in [-0.4, -0.2) is 23.1 Å². The highest BCUT2D eigenvalue weighted by atomic mass is 16.5. The number of benzene rings is 1. The predicted octanol–water partition coefficient (Wildman–Crippen LogP) is 1.82.